The van der Waals surface area contributed by atoms with E-state index < -0.39 is 0 Å². The van der Waals surface area contributed by atoms with E-state index in [9.17, 15) is 4.79 Å². The number of pyridine rings is 1. The summed E-state index contributed by atoms with van der Waals surface area (Å²) in [4.78, 5) is 14.6. The maximum absolute atomic E-state index is 11.8. The molecular weight excluding hydrogens is 240 g/mol. The average molecular weight is 254 g/mol. The Morgan fingerprint density at radius 1 is 1.32 bits per heavy atom. The lowest BCUT2D eigenvalue weighted by atomic mass is 10.1. The van der Waals surface area contributed by atoms with Crippen LogP contribution in [0, 0.1) is 18.3 Å². The van der Waals surface area contributed by atoms with Gasteiger partial charge in [-0.15, -0.1) is 0 Å². The standard InChI is InChI=1S/C15H14N2O2/c1-10-9-12(4-6-14(10)19-2)13-5-3-11(7-8-16)15(18)17-13/h3-6,9H,7H2,1-2H3,(H,17,18). The third kappa shape index (κ3) is 2.66. The summed E-state index contributed by atoms with van der Waals surface area (Å²) in [5.74, 6) is 0.812. The molecule has 96 valence electrons. The molecule has 1 aromatic carbocycles. The van der Waals surface area contributed by atoms with E-state index in [-0.39, 0.29) is 12.0 Å². The van der Waals surface area contributed by atoms with Crippen molar-refractivity contribution < 1.29 is 4.74 Å². The molecular formula is C15H14N2O2. The Hall–Kier alpha value is -2.54. The van der Waals surface area contributed by atoms with Crippen molar-refractivity contribution in [1.29, 1.82) is 5.26 Å². The minimum absolute atomic E-state index is 0.122. The molecule has 2 rings (SSSR count). The lowest BCUT2D eigenvalue weighted by Gasteiger charge is -2.07. The normalized spacial score (nSPS) is 9.95. The number of nitrogens with one attached hydrogen (secondary N) is 1. The first kappa shape index (κ1) is 12.9. The predicted octanol–water partition coefficient (Wildman–Crippen LogP) is 2.43. The fourth-order valence-electron chi connectivity index (χ4n) is 1.94. The molecule has 4 nitrogen and oxygen atoms in total. The molecule has 0 atom stereocenters. The quantitative estimate of drug-likeness (QED) is 0.914. The van der Waals surface area contributed by atoms with Gasteiger partial charge in [0.05, 0.1) is 19.6 Å². The highest BCUT2D eigenvalue weighted by atomic mass is 16.5. The molecule has 0 saturated heterocycles. The molecule has 0 aliphatic carbocycles. The Morgan fingerprint density at radius 2 is 2.11 bits per heavy atom. The van der Waals surface area contributed by atoms with Gasteiger partial charge in [-0.1, -0.05) is 6.07 Å². The van der Waals surface area contributed by atoms with Gasteiger partial charge in [-0.3, -0.25) is 4.79 Å². The minimum atomic E-state index is -0.215. The number of benzene rings is 1. The van der Waals surface area contributed by atoms with Crippen molar-refractivity contribution in [2.75, 3.05) is 7.11 Å². The average Bonchev–Trinajstić information content (AvgIpc) is 2.41. The van der Waals surface area contributed by atoms with E-state index in [4.69, 9.17) is 10.00 Å². The van der Waals surface area contributed by atoms with E-state index in [0.717, 1.165) is 22.6 Å². The number of rotatable bonds is 3. The molecule has 1 N–H and O–H groups in total. The predicted molar refractivity (Wildman–Crippen MR) is 73.1 cm³/mol. The van der Waals surface area contributed by atoms with Crippen LogP contribution in [0.2, 0.25) is 0 Å². The fraction of sp³-hybridized carbons (Fsp3) is 0.200. The zero-order valence-electron chi connectivity index (χ0n) is 10.9. The highest BCUT2D eigenvalue weighted by Crippen LogP contribution is 2.24. The smallest absolute Gasteiger partial charge is 0.252 e. The lowest BCUT2D eigenvalue weighted by molar-refractivity contribution is 0.412. The zero-order chi connectivity index (χ0) is 13.8. The second-order valence-electron chi connectivity index (χ2n) is 4.25. The van der Waals surface area contributed by atoms with E-state index in [0.29, 0.717) is 5.56 Å². The Labute approximate surface area is 111 Å². The second kappa shape index (κ2) is 5.40. The summed E-state index contributed by atoms with van der Waals surface area (Å²) in [6.07, 6.45) is 0.122. The monoisotopic (exact) mass is 254 g/mol. The highest BCUT2D eigenvalue weighted by Gasteiger charge is 2.05. The molecule has 0 spiro atoms. The van der Waals surface area contributed by atoms with Crippen LogP contribution in [0.4, 0.5) is 0 Å². The molecule has 0 amide bonds. The number of aromatic amines is 1. The number of H-pyrrole nitrogens is 1. The van der Waals surface area contributed by atoms with Crippen molar-refractivity contribution in [2.24, 2.45) is 0 Å². The van der Waals surface area contributed by atoms with Gasteiger partial charge in [0.1, 0.15) is 5.75 Å². The summed E-state index contributed by atoms with van der Waals surface area (Å²) in [6.45, 7) is 1.95. The van der Waals surface area contributed by atoms with Crippen molar-refractivity contribution in [2.45, 2.75) is 13.3 Å². The first-order valence-electron chi connectivity index (χ1n) is 5.90. The van der Waals surface area contributed by atoms with Crippen molar-refractivity contribution in [1.82, 2.24) is 4.98 Å². The molecule has 0 bridgehead atoms. The molecule has 0 aliphatic heterocycles. The van der Waals surface area contributed by atoms with E-state index >= 15 is 0 Å². The summed E-state index contributed by atoms with van der Waals surface area (Å²) in [5.41, 5.74) is 2.92. The Balaban J connectivity index is 2.43. The van der Waals surface area contributed by atoms with Gasteiger partial charge < -0.3 is 9.72 Å². The van der Waals surface area contributed by atoms with E-state index in [1.807, 2.05) is 37.3 Å². The maximum atomic E-state index is 11.8. The van der Waals surface area contributed by atoms with Crippen molar-refractivity contribution in [3.05, 3.63) is 51.8 Å². The third-order valence-corrected chi connectivity index (χ3v) is 2.97. The molecule has 1 aromatic heterocycles. The molecule has 4 heteroatoms. The van der Waals surface area contributed by atoms with Crippen LogP contribution in [-0.2, 0) is 6.42 Å². The molecule has 0 fully saturated rings. The minimum Gasteiger partial charge on any atom is -0.496 e. The van der Waals surface area contributed by atoms with Crippen molar-refractivity contribution in [3.63, 3.8) is 0 Å². The topological polar surface area (TPSA) is 65.9 Å². The Morgan fingerprint density at radius 3 is 2.68 bits per heavy atom. The van der Waals surface area contributed by atoms with Gasteiger partial charge in [-0.2, -0.15) is 5.26 Å². The van der Waals surface area contributed by atoms with Gasteiger partial charge in [0.25, 0.3) is 5.56 Å². The maximum Gasteiger partial charge on any atom is 0.252 e. The van der Waals surface area contributed by atoms with E-state index in [1.165, 1.54) is 0 Å². The van der Waals surface area contributed by atoms with E-state index in [1.54, 1.807) is 13.2 Å². The number of aromatic nitrogens is 1. The van der Waals surface area contributed by atoms with Crippen molar-refractivity contribution >= 4 is 0 Å². The van der Waals surface area contributed by atoms with Crippen LogP contribution in [0.1, 0.15) is 11.1 Å². The van der Waals surface area contributed by atoms with Gasteiger partial charge in [0.2, 0.25) is 0 Å². The van der Waals surface area contributed by atoms with Crippen LogP contribution < -0.4 is 10.3 Å². The molecule has 19 heavy (non-hydrogen) atoms. The van der Waals surface area contributed by atoms with Crippen LogP contribution in [0.5, 0.6) is 5.75 Å². The summed E-state index contributed by atoms with van der Waals surface area (Å²) >= 11 is 0. The number of methoxy groups -OCH3 is 1. The molecule has 0 radical (unpaired) electrons. The van der Waals surface area contributed by atoms with Gasteiger partial charge in [0, 0.05) is 11.3 Å². The third-order valence-electron chi connectivity index (χ3n) is 2.97. The number of hydrogen-bond donors (Lipinski definition) is 1. The molecule has 2 aromatic rings. The number of aryl methyl sites for hydroxylation is 1. The largest absolute Gasteiger partial charge is 0.496 e. The Bertz CT molecular complexity index is 696. The lowest BCUT2D eigenvalue weighted by Crippen LogP contribution is -2.12. The van der Waals surface area contributed by atoms with E-state index in [2.05, 4.69) is 4.98 Å². The molecule has 0 aliphatic rings. The molecule has 0 saturated carbocycles. The summed E-state index contributed by atoms with van der Waals surface area (Å²) in [7, 11) is 1.63. The Kier molecular flexibility index (Phi) is 3.67. The van der Waals surface area contributed by atoms with Crippen LogP contribution in [0.25, 0.3) is 11.3 Å². The number of hydrogen-bond acceptors (Lipinski definition) is 3. The van der Waals surface area contributed by atoms with Gasteiger partial charge in [0.15, 0.2) is 0 Å². The van der Waals surface area contributed by atoms with Crippen molar-refractivity contribution in [3.8, 4) is 23.1 Å². The number of nitrogens with zero attached hydrogens (tertiary/aromatic N) is 1. The van der Waals surface area contributed by atoms with Gasteiger partial charge in [-0.25, -0.2) is 0 Å². The first-order chi connectivity index (χ1) is 9.15. The van der Waals surface area contributed by atoms with Crippen LogP contribution in [0.15, 0.2) is 35.1 Å². The number of nitriles is 1. The van der Waals surface area contributed by atoms with Crippen LogP contribution in [0.3, 0.4) is 0 Å². The zero-order valence-corrected chi connectivity index (χ0v) is 10.9. The summed E-state index contributed by atoms with van der Waals surface area (Å²) < 4.78 is 5.20. The molecule has 0 unspecified atom stereocenters. The van der Waals surface area contributed by atoms with Gasteiger partial charge in [-0.05, 0) is 42.3 Å². The van der Waals surface area contributed by atoms with Crippen LogP contribution >= 0.6 is 0 Å². The fourth-order valence-corrected chi connectivity index (χ4v) is 1.94. The summed E-state index contributed by atoms with van der Waals surface area (Å²) in [5, 5.41) is 8.61. The molecule has 1 heterocycles. The number of ether oxygens (including phenoxy) is 1. The van der Waals surface area contributed by atoms with Gasteiger partial charge >= 0.3 is 0 Å². The SMILES string of the molecule is COc1ccc(-c2ccc(CC#N)c(=O)[nH]2)cc1C. The first-order valence-corrected chi connectivity index (χ1v) is 5.90. The highest BCUT2D eigenvalue weighted by molar-refractivity contribution is 5.62. The summed E-state index contributed by atoms with van der Waals surface area (Å²) in [6, 6.07) is 11.2. The second-order valence-corrected chi connectivity index (χ2v) is 4.25. The van der Waals surface area contributed by atoms with Crippen LogP contribution in [-0.4, -0.2) is 12.1 Å².